The number of nitrogens with zero attached hydrogens (tertiary/aromatic N) is 3. The zero-order chi connectivity index (χ0) is 25.8. The third-order valence-electron chi connectivity index (χ3n) is 5.27. The minimum atomic E-state index is -4.66. The lowest BCUT2D eigenvalue weighted by molar-refractivity contribution is -0.211. The number of nitrogens with one attached hydrogen (secondary N) is 1. The smallest absolute Gasteiger partial charge is 0.402 e. The Bertz CT molecular complexity index is 1180. The number of alkyl halides is 3. The van der Waals surface area contributed by atoms with Gasteiger partial charge in [0.1, 0.15) is 17.5 Å². The molecule has 0 saturated carbocycles. The van der Waals surface area contributed by atoms with Crippen LogP contribution in [0, 0.1) is 11.3 Å². The van der Waals surface area contributed by atoms with Crippen LogP contribution in [0.15, 0.2) is 48.8 Å². The highest BCUT2D eigenvalue weighted by Crippen LogP contribution is 2.37. The van der Waals surface area contributed by atoms with Crippen LogP contribution in [0.25, 0.3) is 22.8 Å². The number of ether oxygens (including phenoxy) is 1. The van der Waals surface area contributed by atoms with E-state index in [1.165, 1.54) is 6.33 Å². The van der Waals surface area contributed by atoms with Crippen molar-refractivity contribution in [1.82, 2.24) is 20.3 Å². The second-order valence-electron chi connectivity index (χ2n) is 8.98. The predicted octanol–water partition coefficient (Wildman–Crippen LogP) is 6.10. The molecule has 6 nitrogen and oxygen atoms in total. The predicted molar refractivity (Wildman–Crippen MR) is 128 cm³/mol. The highest BCUT2D eigenvalue weighted by atomic mass is 35.5. The van der Waals surface area contributed by atoms with Crippen LogP contribution >= 0.6 is 11.6 Å². The van der Waals surface area contributed by atoms with Crippen molar-refractivity contribution >= 4 is 17.5 Å². The SMILES string of the molecule is CC(C)COc1ccc(-c2ncnc(-c3cc(CNC(=O)C(C)(C)C(F)(F)F)ccc3Cl)n2)cc1. The fraction of sp³-hybridized carbons (Fsp3) is 0.360. The Morgan fingerprint density at radius 2 is 1.71 bits per heavy atom. The average molecular weight is 507 g/mol. The van der Waals surface area contributed by atoms with Crippen molar-refractivity contribution in [2.24, 2.45) is 11.3 Å². The molecule has 0 atom stereocenters. The lowest BCUT2D eigenvalue weighted by Crippen LogP contribution is -2.46. The quantitative estimate of drug-likeness (QED) is 0.399. The van der Waals surface area contributed by atoms with Crippen molar-refractivity contribution in [3.63, 3.8) is 0 Å². The molecule has 0 spiro atoms. The van der Waals surface area contributed by atoms with Gasteiger partial charge in [0.2, 0.25) is 5.91 Å². The summed E-state index contributed by atoms with van der Waals surface area (Å²) < 4.78 is 45.0. The molecular formula is C25H26ClF3N4O2. The maximum atomic E-state index is 13.1. The van der Waals surface area contributed by atoms with Gasteiger partial charge >= 0.3 is 6.18 Å². The molecular weight excluding hydrogens is 481 g/mol. The van der Waals surface area contributed by atoms with E-state index in [1.54, 1.807) is 18.2 Å². The Morgan fingerprint density at radius 1 is 1.06 bits per heavy atom. The zero-order valence-electron chi connectivity index (χ0n) is 19.8. The number of amides is 1. The molecule has 0 aliphatic heterocycles. The topological polar surface area (TPSA) is 77.0 Å². The molecule has 0 aliphatic rings. The van der Waals surface area contributed by atoms with E-state index in [0.29, 0.717) is 40.3 Å². The molecule has 0 unspecified atom stereocenters. The summed E-state index contributed by atoms with van der Waals surface area (Å²) >= 11 is 6.35. The maximum Gasteiger partial charge on any atom is 0.402 e. The molecule has 0 saturated heterocycles. The number of benzene rings is 2. The highest BCUT2D eigenvalue weighted by molar-refractivity contribution is 6.33. The Morgan fingerprint density at radius 3 is 2.34 bits per heavy atom. The third-order valence-corrected chi connectivity index (χ3v) is 5.60. The van der Waals surface area contributed by atoms with Gasteiger partial charge in [-0.3, -0.25) is 4.79 Å². The van der Waals surface area contributed by atoms with E-state index < -0.39 is 17.5 Å². The van der Waals surface area contributed by atoms with Crippen LogP contribution in [-0.4, -0.2) is 33.6 Å². The fourth-order valence-electron chi connectivity index (χ4n) is 2.91. The van der Waals surface area contributed by atoms with Crippen molar-refractivity contribution in [2.45, 2.75) is 40.4 Å². The summed E-state index contributed by atoms with van der Waals surface area (Å²) in [5.74, 6) is 0.745. The molecule has 10 heteroatoms. The van der Waals surface area contributed by atoms with E-state index in [0.717, 1.165) is 25.2 Å². The number of carbonyl (C=O) groups is 1. The minimum absolute atomic E-state index is 0.113. The molecule has 1 aromatic heterocycles. The number of hydrogen-bond acceptors (Lipinski definition) is 5. The maximum absolute atomic E-state index is 13.1. The monoisotopic (exact) mass is 506 g/mol. The lowest BCUT2D eigenvalue weighted by Gasteiger charge is -2.26. The summed E-state index contributed by atoms with van der Waals surface area (Å²) in [6, 6.07) is 12.2. The number of carbonyl (C=O) groups excluding carboxylic acids is 1. The van der Waals surface area contributed by atoms with Gasteiger partial charge in [0.15, 0.2) is 11.6 Å². The molecule has 0 radical (unpaired) electrons. The van der Waals surface area contributed by atoms with Gasteiger partial charge in [-0.25, -0.2) is 15.0 Å². The van der Waals surface area contributed by atoms with Crippen LogP contribution in [-0.2, 0) is 11.3 Å². The molecule has 0 aliphatic carbocycles. The number of aromatic nitrogens is 3. The first-order valence-corrected chi connectivity index (χ1v) is 11.3. The Labute approximate surface area is 206 Å². The molecule has 0 fully saturated rings. The van der Waals surface area contributed by atoms with E-state index in [2.05, 4.69) is 34.1 Å². The van der Waals surface area contributed by atoms with Crippen LogP contribution < -0.4 is 10.1 Å². The molecule has 2 aromatic carbocycles. The third kappa shape index (κ3) is 6.48. The van der Waals surface area contributed by atoms with E-state index >= 15 is 0 Å². The molecule has 3 aromatic rings. The zero-order valence-corrected chi connectivity index (χ0v) is 20.5. The molecule has 1 N–H and O–H groups in total. The van der Waals surface area contributed by atoms with Crippen LogP contribution in [0.5, 0.6) is 5.75 Å². The summed E-state index contributed by atoms with van der Waals surface area (Å²) in [4.78, 5) is 25.0. The lowest BCUT2D eigenvalue weighted by atomic mass is 9.91. The van der Waals surface area contributed by atoms with Gasteiger partial charge in [-0.1, -0.05) is 31.5 Å². The van der Waals surface area contributed by atoms with Gasteiger partial charge in [-0.05, 0) is 61.7 Å². The van der Waals surface area contributed by atoms with E-state index in [4.69, 9.17) is 16.3 Å². The van der Waals surface area contributed by atoms with Gasteiger partial charge in [-0.2, -0.15) is 13.2 Å². The number of halogens is 4. The normalized spacial score (nSPS) is 12.0. The first-order valence-electron chi connectivity index (χ1n) is 10.9. The fourth-order valence-corrected chi connectivity index (χ4v) is 3.12. The van der Waals surface area contributed by atoms with Gasteiger partial charge in [-0.15, -0.1) is 0 Å². The summed E-state index contributed by atoms with van der Waals surface area (Å²) in [5.41, 5.74) is -0.751. The van der Waals surface area contributed by atoms with Crippen molar-refractivity contribution < 1.29 is 22.7 Å². The summed E-state index contributed by atoms with van der Waals surface area (Å²) in [7, 11) is 0. The Hall–Kier alpha value is -3.20. The van der Waals surface area contributed by atoms with Gasteiger partial charge < -0.3 is 10.1 Å². The summed E-state index contributed by atoms with van der Waals surface area (Å²) in [6.45, 7) is 6.31. The van der Waals surface area contributed by atoms with Crippen molar-refractivity contribution in [2.75, 3.05) is 6.61 Å². The number of rotatable bonds is 8. The van der Waals surface area contributed by atoms with Crippen LogP contribution in [0.1, 0.15) is 33.3 Å². The largest absolute Gasteiger partial charge is 0.493 e. The molecule has 0 bridgehead atoms. The second-order valence-corrected chi connectivity index (χ2v) is 9.39. The molecule has 1 amide bonds. The van der Waals surface area contributed by atoms with E-state index in [1.807, 2.05) is 24.3 Å². The molecule has 1 heterocycles. The Kier molecular flexibility index (Phi) is 8.00. The first kappa shape index (κ1) is 26.4. The summed E-state index contributed by atoms with van der Waals surface area (Å²) in [6.07, 6.45) is -3.31. The highest BCUT2D eigenvalue weighted by Gasteiger charge is 2.52. The average Bonchev–Trinajstić information content (AvgIpc) is 2.81. The molecule has 35 heavy (non-hydrogen) atoms. The van der Waals surface area contributed by atoms with Crippen LogP contribution in [0.3, 0.4) is 0 Å². The van der Waals surface area contributed by atoms with Gasteiger partial charge in [0, 0.05) is 17.7 Å². The standard InChI is InChI=1S/C25H26ClF3N4O2/c1-15(2)13-35-18-8-6-17(7-9-18)21-31-14-32-22(33-21)19-11-16(5-10-20(19)26)12-30-23(34)24(3,4)25(27,28)29/h5-11,14-15H,12-13H2,1-4H3,(H,30,34). The van der Waals surface area contributed by atoms with Crippen molar-refractivity contribution in [3.05, 3.63) is 59.4 Å². The Balaban J connectivity index is 1.79. The van der Waals surface area contributed by atoms with Crippen molar-refractivity contribution in [3.8, 4) is 28.5 Å². The molecule has 3 rings (SSSR count). The molecule has 186 valence electrons. The van der Waals surface area contributed by atoms with Crippen molar-refractivity contribution in [1.29, 1.82) is 0 Å². The minimum Gasteiger partial charge on any atom is -0.493 e. The van der Waals surface area contributed by atoms with Gasteiger partial charge in [0.05, 0.1) is 11.6 Å². The summed E-state index contributed by atoms with van der Waals surface area (Å²) in [5, 5.41) is 2.69. The van der Waals surface area contributed by atoms with Crippen LogP contribution in [0.4, 0.5) is 13.2 Å². The van der Waals surface area contributed by atoms with E-state index in [-0.39, 0.29) is 6.54 Å². The number of hydrogen-bond donors (Lipinski definition) is 1. The first-order chi connectivity index (χ1) is 16.4. The van der Waals surface area contributed by atoms with Crippen LogP contribution in [0.2, 0.25) is 5.02 Å². The van der Waals surface area contributed by atoms with E-state index in [9.17, 15) is 18.0 Å². The van der Waals surface area contributed by atoms with Gasteiger partial charge in [0.25, 0.3) is 0 Å². The second kappa shape index (κ2) is 10.6.